The van der Waals surface area contributed by atoms with Gasteiger partial charge < -0.3 is 19.5 Å². The van der Waals surface area contributed by atoms with Crippen molar-refractivity contribution in [2.45, 2.75) is 6.61 Å². The SMILES string of the molecule is O=C(c1cccc(OC(F)F)c1)N1CCN(C(=O)c2cc3cc(F)ccc3[nH]2)CC1. The van der Waals surface area contributed by atoms with Crippen LogP contribution in [0.5, 0.6) is 5.75 Å². The van der Waals surface area contributed by atoms with Crippen molar-refractivity contribution in [3.63, 3.8) is 0 Å². The highest BCUT2D eigenvalue weighted by Crippen LogP contribution is 2.20. The molecule has 1 aromatic heterocycles. The Bertz CT molecular complexity index is 1090. The lowest BCUT2D eigenvalue weighted by Gasteiger charge is -2.34. The van der Waals surface area contributed by atoms with E-state index in [0.717, 1.165) is 0 Å². The third-order valence-electron chi connectivity index (χ3n) is 4.97. The van der Waals surface area contributed by atoms with Gasteiger partial charge in [-0.2, -0.15) is 8.78 Å². The molecule has 1 aliphatic heterocycles. The summed E-state index contributed by atoms with van der Waals surface area (Å²) in [7, 11) is 0. The number of alkyl halides is 2. The number of aromatic nitrogens is 1. The number of nitrogens with one attached hydrogen (secondary N) is 1. The molecule has 3 aromatic rings. The predicted molar refractivity (Wildman–Crippen MR) is 103 cm³/mol. The quantitative estimate of drug-likeness (QED) is 0.707. The Morgan fingerprint density at radius 1 is 0.933 bits per heavy atom. The molecule has 2 aromatic carbocycles. The minimum absolute atomic E-state index is 0.0834. The zero-order valence-electron chi connectivity index (χ0n) is 15.8. The monoisotopic (exact) mass is 417 g/mol. The maximum atomic E-state index is 13.4. The van der Waals surface area contributed by atoms with Gasteiger partial charge in [-0.1, -0.05) is 6.07 Å². The normalized spacial score (nSPS) is 14.4. The third kappa shape index (κ3) is 4.10. The lowest BCUT2D eigenvalue weighted by Crippen LogP contribution is -2.50. The van der Waals surface area contributed by atoms with Crippen LogP contribution in [0.2, 0.25) is 0 Å². The van der Waals surface area contributed by atoms with Crippen LogP contribution in [0.15, 0.2) is 48.5 Å². The number of fused-ring (bicyclic) bond motifs is 1. The molecular weight excluding hydrogens is 399 g/mol. The smallest absolute Gasteiger partial charge is 0.387 e. The van der Waals surface area contributed by atoms with Gasteiger partial charge in [-0.05, 0) is 42.5 Å². The van der Waals surface area contributed by atoms with E-state index < -0.39 is 6.61 Å². The largest absolute Gasteiger partial charge is 0.435 e. The number of carbonyl (C=O) groups is 2. The number of rotatable bonds is 4. The molecule has 4 rings (SSSR count). The summed E-state index contributed by atoms with van der Waals surface area (Å²) in [5, 5.41) is 0.609. The molecule has 1 fully saturated rings. The molecule has 0 spiro atoms. The maximum absolute atomic E-state index is 13.4. The number of nitrogens with zero attached hydrogens (tertiary/aromatic N) is 2. The molecule has 6 nitrogen and oxygen atoms in total. The zero-order chi connectivity index (χ0) is 21.3. The van der Waals surface area contributed by atoms with Gasteiger partial charge in [0.15, 0.2) is 0 Å². The van der Waals surface area contributed by atoms with Crippen LogP contribution >= 0.6 is 0 Å². The highest BCUT2D eigenvalue weighted by molar-refractivity contribution is 5.98. The van der Waals surface area contributed by atoms with Gasteiger partial charge in [-0.3, -0.25) is 9.59 Å². The molecule has 1 aliphatic rings. The highest BCUT2D eigenvalue weighted by atomic mass is 19.3. The van der Waals surface area contributed by atoms with Crippen molar-refractivity contribution in [3.05, 3.63) is 65.6 Å². The van der Waals surface area contributed by atoms with Gasteiger partial charge in [0, 0.05) is 42.6 Å². The molecule has 2 heterocycles. The van der Waals surface area contributed by atoms with Crippen LogP contribution in [0.3, 0.4) is 0 Å². The average Bonchev–Trinajstić information content (AvgIpc) is 3.15. The summed E-state index contributed by atoms with van der Waals surface area (Å²) in [6.07, 6.45) is 0. The van der Waals surface area contributed by atoms with Crippen LogP contribution in [0.25, 0.3) is 10.9 Å². The van der Waals surface area contributed by atoms with E-state index in [2.05, 4.69) is 9.72 Å². The fourth-order valence-corrected chi connectivity index (χ4v) is 3.49. The zero-order valence-corrected chi connectivity index (χ0v) is 15.8. The third-order valence-corrected chi connectivity index (χ3v) is 4.97. The second-order valence-electron chi connectivity index (χ2n) is 6.91. The Labute approximate surface area is 169 Å². The number of aromatic amines is 1. The number of hydrogen-bond acceptors (Lipinski definition) is 3. The standard InChI is InChI=1S/C21H18F3N3O3/c22-15-4-5-17-14(10-15)12-18(25-17)20(29)27-8-6-26(7-9-27)19(28)13-2-1-3-16(11-13)30-21(23)24/h1-5,10-12,21,25H,6-9H2. The van der Waals surface area contributed by atoms with Crippen LogP contribution < -0.4 is 4.74 Å². The number of ether oxygens (including phenoxy) is 1. The summed E-state index contributed by atoms with van der Waals surface area (Å²) in [5.41, 5.74) is 1.26. The number of H-pyrrole nitrogens is 1. The maximum Gasteiger partial charge on any atom is 0.387 e. The van der Waals surface area contributed by atoms with Crippen molar-refractivity contribution in [3.8, 4) is 5.75 Å². The van der Waals surface area contributed by atoms with E-state index in [-0.39, 0.29) is 28.9 Å². The van der Waals surface area contributed by atoms with Gasteiger partial charge >= 0.3 is 6.61 Å². The Balaban J connectivity index is 1.40. The molecule has 0 unspecified atom stereocenters. The molecule has 30 heavy (non-hydrogen) atoms. The fourth-order valence-electron chi connectivity index (χ4n) is 3.49. The van der Waals surface area contributed by atoms with Crippen molar-refractivity contribution in [1.29, 1.82) is 0 Å². The van der Waals surface area contributed by atoms with Gasteiger partial charge in [0.2, 0.25) is 0 Å². The molecule has 0 atom stereocenters. The Kier molecular flexibility index (Phi) is 5.35. The summed E-state index contributed by atoms with van der Waals surface area (Å²) in [5.74, 6) is -1.01. The first-order chi connectivity index (χ1) is 14.4. The van der Waals surface area contributed by atoms with E-state index in [1.165, 1.54) is 36.4 Å². The number of piperazine rings is 1. The molecule has 9 heteroatoms. The Morgan fingerprint density at radius 2 is 1.63 bits per heavy atom. The number of amides is 2. The van der Waals surface area contributed by atoms with Gasteiger partial charge in [0.05, 0.1) is 0 Å². The minimum atomic E-state index is -2.97. The topological polar surface area (TPSA) is 65.6 Å². The molecule has 0 aliphatic carbocycles. The number of halogens is 3. The lowest BCUT2D eigenvalue weighted by atomic mass is 10.1. The van der Waals surface area contributed by atoms with E-state index in [1.807, 2.05) is 0 Å². The lowest BCUT2D eigenvalue weighted by molar-refractivity contribution is -0.0499. The second-order valence-corrected chi connectivity index (χ2v) is 6.91. The molecule has 1 N–H and O–H groups in total. The van der Waals surface area contributed by atoms with Crippen LogP contribution in [-0.4, -0.2) is 59.4 Å². The molecule has 2 amide bonds. The fraction of sp³-hybridized carbons (Fsp3) is 0.238. The van der Waals surface area contributed by atoms with E-state index in [9.17, 15) is 22.8 Å². The van der Waals surface area contributed by atoms with Gasteiger partial charge in [-0.25, -0.2) is 4.39 Å². The highest BCUT2D eigenvalue weighted by Gasteiger charge is 2.26. The molecule has 0 bridgehead atoms. The predicted octanol–water partition coefficient (Wildman–Crippen LogP) is 3.51. The number of carbonyl (C=O) groups excluding carboxylic acids is 2. The summed E-state index contributed by atoms with van der Waals surface area (Å²) in [6, 6.07) is 11.5. The summed E-state index contributed by atoms with van der Waals surface area (Å²) >= 11 is 0. The van der Waals surface area contributed by atoms with Crippen molar-refractivity contribution in [2.75, 3.05) is 26.2 Å². The van der Waals surface area contributed by atoms with Crippen LogP contribution in [0.4, 0.5) is 13.2 Å². The van der Waals surface area contributed by atoms with E-state index >= 15 is 0 Å². The van der Waals surface area contributed by atoms with Gasteiger partial charge in [-0.15, -0.1) is 0 Å². The first kappa shape index (κ1) is 19.8. The van der Waals surface area contributed by atoms with E-state index in [1.54, 1.807) is 21.9 Å². The first-order valence-corrected chi connectivity index (χ1v) is 9.32. The number of hydrogen-bond donors (Lipinski definition) is 1. The molecule has 0 radical (unpaired) electrons. The first-order valence-electron chi connectivity index (χ1n) is 9.32. The van der Waals surface area contributed by atoms with Gasteiger partial charge in [0.1, 0.15) is 17.3 Å². The van der Waals surface area contributed by atoms with Crippen molar-refractivity contribution in [2.24, 2.45) is 0 Å². The summed E-state index contributed by atoms with van der Waals surface area (Å²) in [6.45, 7) is -1.71. The van der Waals surface area contributed by atoms with Crippen molar-refractivity contribution in [1.82, 2.24) is 14.8 Å². The molecule has 1 saturated heterocycles. The average molecular weight is 417 g/mol. The summed E-state index contributed by atoms with van der Waals surface area (Å²) in [4.78, 5) is 31.6. The Hall–Kier alpha value is -3.49. The van der Waals surface area contributed by atoms with Crippen LogP contribution in [0, 0.1) is 5.82 Å². The molecule has 156 valence electrons. The molecule has 0 saturated carbocycles. The second kappa shape index (κ2) is 8.10. The number of benzene rings is 2. The van der Waals surface area contributed by atoms with Crippen molar-refractivity contribution < 1.29 is 27.5 Å². The van der Waals surface area contributed by atoms with Gasteiger partial charge in [0.25, 0.3) is 11.8 Å². The Morgan fingerprint density at radius 3 is 2.33 bits per heavy atom. The molecular formula is C21H18F3N3O3. The summed E-state index contributed by atoms with van der Waals surface area (Å²) < 4.78 is 42.5. The minimum Gasteiger partial charge on any atom is -0.435 e. The van der Waals surface area contributed by atoms with E-state index in [0.29, 0.717) is 42.8 Å². The van der Waals surface area contributed by atoms with E-state index in [4.69, 9.17) is 0 Å². The van der Waals surface area contributed by atoms with Crippen LogP contribution in [0.1, 0.15) is 20.8 Å². The van der Waals surface area contributed by atoms with Crippen molar-refractivity contribution >= 4 is 22.7 Å². The van der Waals surface area contributed by atoms with Crippen LogP contribution in [-0.2, 0) is 0 Å².